The summed E-state index contributed by atoms with van der Waals surface area (Å²) < 4.78 is 10.3. The van der Waals surface area contributed by atoms with Crippen LogP contribution in [-0.2, 0) is 9.47 Å². The number of ether oxygens (including phenoxy) is 2. The van der Waals surface area contributed by atoms with E-state index >= 15 is 0 Å². The van der Waals surface area contributed by atoms with Crippen LogP contribution in [0.3, 0.4) is 0 Å². The number of hydrogen-bond acceptors (Lipinski definition) is 4. The van der Waals surface area contributed by atoms with Gasteiger partial charge in [0.1, 0.15) is 20.7 Å². The van der Waals surface area contributed by atoms with E-state index in [0.717, 1.165) is 0 Å². The van der Waals surface area contributed by atoms with Crippen LogP contribution in [0.2, 0.25) is 0 Å². The quantitative estimate of drug-likeness (QED) is 0.286. The van der Waals surface area contributed by atoms with E-state index in [1.807, 2.05) is 0 Å². The number of rotatable bonds is 4. The van der Waals surface area contributed by atoms with Gasteiger partial charge in [-0.25, -0.2) is 0 Å². The first-order valence-electron chi connectivity index (χ1n) is 3.92. The highest BCUT2D eigenvalue weighted by Gasteiger charge is 2.32. The van der Waals surface area contributed by atoms with Crippen LogP contribution in [0.25, 0.3) is 10.4 Å². The number of aliphatic hydroxyl groups excluding tert-OH is 1. The van der Waals surface area contributed by atoms with Gasteiger partial charge in [0.15, 0.2) is 0 Å². The minimum Gasteiger partial charge on any atom is -0.394 e. The fraction of sp³-hybridized carbons (Fsp3) is 1.00. The van der Waals surface area contributed by atoms with Gasteiger partial charge < -0.3 is 14.6 Å². The highest BCUT2D eigenvalue weighted by atomic mass is 16.6. The van der Waals surface area contributed by atoms with E-state index in [4.69, 9.17) is 28.0 Å². The van der Waals surface area contributed by atoms with E-state index in [2.05, 4.69) is 10.0 Å². The summed E-state index contributed by atoms with van der Waals surface area (Å²) >= 11 is 0. The lowest BCUT2D eigenvalue weighted by Crippen LogP contribution is -2.27. The number of azide groups is 1. The molecule has 6 nitrogen and oxygen atoms in total. The van der Waals surface area contributed by atoms with E-state index < -0.39 is 12.1 Å². The molecule has 1 fully saturated rings. The van der Waals surface area contributed by atoms with Crippen molar-refractivity contribution in [2.24, 2.45) is 5.11 Å². The fourth-order valence-electron chi connectivity index (χ4n) is 1.24. The SMILES string of the molecule is [B][C@H]1C[C@@H](OCN=[N+]=[N-])C(CO)O1. The largest absolute Gasteiger partial charge is 0.394 e. The summed E-state index contributed by atoms with van der Waals surface area (Å²) in [5, 5.41) is 12.1. The zero-order valence-electron chi connectivity index (χ0n) is 7.04. The number of hydrogen-bond donors (Lipinski definition) is 1. The summed E-state index contributed by atoms with van der Waals surface area (Å²) in [5.74, 6) is 0. The first-order chi connectivity index (χ1) is 6.27. The van der Waals surface area contributed by atoms with Crippen molar-refractivity contribution in [1.82, 2.24) is 0 Å². The van der Waals surface area contributed by atoms with Crippen LogP contribution in [-0.4, -0.2) is 44.5 Å². The molecule has 1 heterocycles. The van der Waals surface area contributed by atoms with Crippen molar-refractivity contribution in [2.45, 2.75) is 24.6 Å². The summed E-state index contributed by atoms with van der Waals surface area (Å²) in [6, 6.07) is -0.409. The second kappa shape index (κ2) is 5.09. The Kier molecular flexibility index (Phi) is 4.04. The normalized spacial score (nSPS) is 32.8. The molecule has 0 saturated carbocycles. The van der Waals surface area contributed by atoms with Crippen LogP contribution in [0, 0.1) is 0 Å². The van der Waals surface area contributed by atoms with Crippen molar-refractivity contribution in [3.8, 4) is 0 Å². The van der Waals surface area contributed by atoms with Crippen molar-refractivity contribution >= 4 is 7.85 Å². The Morgan fingerprint density at radius 2 is 2.54 bits per heavy atom. The average Bonchev–Trinajstić information content (AvgIpc) is 2.47. The van der Waals surface area contributed by atoms with Gasteiger partial charge in [0, 0.05) is 10.9 Å². The van der Waals surface area contributed by atoms with E-state index in [9.17, 15) is 0 Å². The van der Waals surface area contributed by atoms with Gasteiger partial charge in [0.25, 0.3) is 0 Å². The Morgan fingerprint density at radius 1 is 1.77 bits per heavy atom. The third-order valence-electron chi connectivity index (χ3n) is 1.82. The third-order valence-corrected chi connectivity index (χ3v) is 1.82. The standard InChI is InChI=1S/C6H10BN3O3/c7-6-1-4(5(2-11)13-6)12-3-9-10-8/h4-6,11H,1-3H2/t4-,5?,6-/m1/s1. The summed E-state index contributed by atoms with van der Waals surface area (Å²) in [4.78, 5) is 2.53. The van der Waals surface area contributed by atoms with Crippen LogP contribution >= 0.6 is 0 Å². The molecule has 0 aromatic heterocycles. The smallest absolute Gasteiger partial charge is 0.126 e. The van der Waals surface area contributed by atoms with Gasteiger partial charge in [0.05, 0.1) is 12.7 Å². The molecule has 1 saturated heterocycles. The molecule has 3 atom stereocenters. The molecule has 70 valence electrons. The van der Waals surface area contributed by atoms with Gasteiger partial charge in [-0.1, -0.05) is 5.11 Å². The van der Waals surface area contributed by atoms with Gasteiger partial charge in [0.2, 0.25) is 0 Å². The topological polar surface area (TPSA) is 87.5 Å². The van der Waals surface area contributed by atoms with E-state index in [-0.39, 0.29) is 19.4 Å². The highest BCUT2D eigenvalue weighted by molar-refractivity contribution is 6.11. The molecule has 0 aromatic rings. The maximum absolute atomic E-state index is 8.85. The first-order valence-corrected chi connectivity index (χ1v) is 3.92. The molecule has 1 unspecified atom stereocenters. The monoisotopic (exact) mass is 183 g/mol. The van der Waals surface area contributed by atoms with Gasteiger partial charge in [-0.3, -0.25) is 0 Å². The lowest BCUT2D eigenvalue weighted by Gasteiger charge is -2.15. The van der Waals surface area contributed by atoms with E-state index in [0.29, 0.717) is 6.42 Å². The van der Waals surface area contributed by atoms with E-state index in [1.54, 1.807) is 0 Å². The Bertz CT molecular complexity index is 209. The van der Waals surface area contributed by atoms with Crippen LogP contribution in [0.15, 0.2) is 5.11 Å². The molecule has 2 radical (unpaired) electrons. The molecular formula is C6H10BN3O3. The van der Waals surface area contributed by atoms with Crippen LogP contribution in [0.5, 0.6) is 0 Å². The van der Waals surface area contributed by atoms with Crippen molar-refractivity contribution in [3.05, 3.63) is 10.4 Å². The van der Waals surface area contributed by atoms with Crippen LogP contribution in [0.1, 0.15) is 6.42 Å². The zero-order valence-corrected chi connectivity index (χ0v) is 7.04. The molecule has 1 rings (SSSR count). The second-order valence-electron chi connectivity index (χ2n) is 2.70. The van der Waals surface area contributed by atoms with Gasteiger partial charge in [-0.15, -0.1) is 0 Å². The van der Waals surface area contributed by atoms with Crippen molar-refractivity contribution in [3.63, 3.8) is 0 Å². The Balaban J connectivity index is 2.34. The second-order valence-corrected chi connectivity index (χ2v) is 2.70. The molecule has 1 aliphatic rings. The van der Waals surface area contributed by atoms with Crippen molar-refractivity contribution < 1.29 is 14.6 Å². The van der Waals surface area contributed by atoms with Gasteiger partial charge in [-0.2, -0.15) is 0 Å². The molecule has 0 spiro atoms. The summed E-state index contributed by atoms with van der Waals surface area (Å²) in [6.45, 7) is -0.206. The minimum atomic E-state index is -0.413. The maximum atomic E-state index is 8.85. The van der Waals surface area contributed by atoms with Crippen LogP contribution in [0.4, 0.5) is 0 Å². The summed E-state index contributed by atoms with van der Waals surface area (Å²) in [5.41, 5.74) is 7.99. The summed E-state index contributed by atoms with van der Waals surface area (Å²) in [6.07, 6.45) is -0.194. The van der Waals surface area contributed by atoms with E-state index in [1.165, 1.54) is 0 Å². The Hall–Kier alpha value is -0.745. The Labute approximate surface area is 76.9 Å². The molecule has 13 heavy (non-hydrogen) atoms. The Morgan fingerprint density at radius 3 is 3.15 bits per heavy atom. The molecule has 1 aliphatic heterocycles. The maximum Gasteiger partial charge on any atom is 0.126 e. The first kappa shape index (κ1) is 10.3. The number of nitrogens with zero attached hydrogens (tertiary/aromatic N) is 3. The zero-order chi connectivity index (χ0) is 9.68. The number of aliphatic hydroxyl groups is 1. The average molecular weight is 183 g/mol. The van der Waals surface area contributed by atoms with Crippen molar-refractivity contribution in [2.75, 3.05) is 13.3 Å². The fourth-order valence-corrected chi connectivity index (χ4v) is 1.24. The summed E-state index contributed by atoms with van der Waals surface area (Å²) in [7, 11) is 5.48. The third kappa shape index (κ3) is 2.89. The molecule has 7 heteroatoms. The molecule has 0 aliphatic carbocycles. The molecule has 1 N–H and O–H groups in total. The van der Waals surface area contributed by atoms with Crippen LogP contribution < -0.4 is 0 Å². The molecule has 0 amide bonds. The predicted molar refractivity (Wildman–Crippen MR) is 45.0 cm³/mol. The highest BCUT2D eigenvalue weighted by Crippen LogP contribution is 2.20. The molecule has 0 aromatic carbocycles. The lowest BCUT2D eigenvalue weighted by atomic mass is 9.96. The van der Waals surface area contributed by atoms with Gasteiger partial charge >= 0.3 is 0 Å². The molecular weight excluding hydrogens is 173 g/mol. The minimum absolute atomic E-state index is 0.0618. The van der Waals surface area contributed by atoms with Gasteiger partial charge in [-0.05, 0) is 12.0 Å². The predicted octanol–water partition coefficient (Wildman–Crippen LogP) is -0.0848. The lowest BCUT2D eigenvalue weighted by molar-refractivity contribution is -0.0354. The molecule has 0 bridgehead atoms. The van der Waals surface area contributed by atoms with Crippen molar-refractivity contribution in [1.29, 1.82) is 0 Å².